The van der Waals surface area contributed by atoms with Crippen molar-refractivity contribution in [3.05, 3.63) is 6.42 Å². The minimum atomic E-state index is 0.507. The fourth-order valence-corrected chi connectivity index (χ4v) is 0.570. The van der Waals surface area contributed by atoms with Crippen LogP contribution in [0.4, 0.5) is 0 Å². The van der Waals surface area contributed by atoms with Crippen molar-refractivity contribution >= 4 is 31.9 Å². The first kappa shape index (κ1) is 7.96. The molecule has 0 aliphatic carbocycles. The molecule has 7 heavy (non-hydrogen) atoms. The predicted octanol–water partition coefficient (Wildman–Crippen LogP) is 2.76. The third-order valence-corrected chi connectivity index (χ3v) is 3.36. The first-order valence-corrected chi connectivity index (χ1v) is 4.09. The van der Waals surface area contributed by atoms with Gasteiger partial charge in [-0.25, -0.2) is 0 Å². The lowest BCUT2D eigenvalue weighted by Gasteiger charge is -2.06. The van der Waals surface area contributed by atoms with Gasteiger partial charge < -0.3 is 0 Å². The largest absolute Gasteiger partial charge is 0.0881 e. The van der Waals surface area contributed by atoms with Crippen molar-refractivity contribution in [3.8, 4) is 0 Å². The van der Waals surface area contributed by atoms with E-state index in [0.717, 1.165) is 0 Å². The minimum absolute atomic E-state index is 0.507. The highest BCUT2D eigenvalue weighted by Crippen LogP contribution is 2.14. The van der Waals surface area contributed by atoms with Crippen molar-refractivity contribution in [2.75, 3.05) is 0 Å². The van der Waals surface area contributed by atoms with E-state index in [1.54, 1.807) is 0 Å². The van der Waals surface area contributed by atoms with E-state index >= 15 is 0 Å². The third-order valence-electron chi connectivity index (χ3n) is 0.757. The minimum Gasteiger partial charge on any atom is -0.0881 e. The van der Waals surface area contributed by atoms with Gasteiger partial charge in [0.1, 0.15) is 0 Å². The molecule has 0 aromatic carbocycles. The highest BCUT2D eigenvalue weighted by Gasteiger charge is 2.05. The molecule has 0 amide bonds. The first-order valence-electron chi connectivity index (χ1n) is 2.26. The number of hydrogen-bond donors (Lipinski definition) is 0. The predicted molar refractivity (Wildman–Crippen MR) is 41.1 cm³/mol. The van der Waals surface area contributed by atoms with Crippen LogP contribution in [-0.2, 0) is 0 Å². The third kappa shape index (κ3) is 3.53. The van der Waals surface area contributed by atoms with E-state index in [1.165, 1.54) is 0 Å². The van der Waals surface area contributed by atoms with Gasteiger partial charge in [0.2, 0.25) is 0 Å². The summed E-state index contributed by atoms with van der Waals surface area (Å²) in [5, 5.41) is 0. The number of halogens is 2. The van der Waals surface area contributed by atoms with Crippen LogP contribution in [0, 0.1) is 6.42 Å². The molecule has 0 nitrogen and oxygen atoms in total. The van der Waals surface area contributed by atoms with E-state index in [-0.39, 0.29) is 0 Å². The maximum Gasteiger partial charge on any atom is 0.0296 e. The van der Waals surface area contributed by atoms with E-state index in [0.29, 0.717) is 9.65 Å². The molecule has 0 aliphatic heterocycles. The molecule has 0 aromatic rings. The second-order valence-electron chi connectivity index (χ2n) is 1.46. The molecule has 0 spiro atoms. The summed E-state index contributed by atoms with van der Waals surface area (Å²) >= 11 is 6.86. The summed E-state index contributed by atoms with van der Waals surface area (Å²) < 4.78 is 0. The van der Waals surface area contributed by atoms with Crippen molar-refractivity contribution in [2.24, 2.45) is 0 Å². The van der Waals surface area contributed by atoms with Gasteiger partial charge in [-0.3, -0.25) is 0 Å². The molecule has 2 unspecified atom stereocenters. The molecule has 0 aromatic heterocycles. The molecule has 2 heteroatoms. The second kappa shape index (κ2) is 3.90. The van der Waals surface area contributed by atoms with E-state index in [2.05, 4.69) is 45.2 Å². The van der Waals surface area contributed by atoms with Gasteiger partial charge in [-0.2, -0.15) is 0 Å². The topological polar surface area (TPSA) is 0 Å². The Hall–Kier alpha value is 0.960. The van der Waals surface area contributed by atoms with Crippen molar-refractivity contribution in [1.82, 2.24) is 0 Å². The van der Waals surface area contributed by atoms with Crippen molar-refractivity contribution in [2.45, 2.75) is 23.5 Å². The number of rotatable bonds is 2. The Balaban J connectivity index is 3.14. The van der Waals surface area contributed by atoms with Gasteiger partial charge in [0.15, 0.2) is 0 Å². The Labute approximate surface area is 61.9 Å². The van der Waals surface area contributed by atoms with Gasteiger partial charge >= 0.3 is 0 Å². The Morgan fingerprint density at radius 1 is 1.43 bits per heavy atom. The molecule has 2 atom stereocenters. The van der Waals surface area contributed by atoms with Crippen LogP contribution in [0.15, 0.2) is 0 Å². The molecule has 0 saturated heterocycles. The second-order valence-corrected chi connectivity index (χ2v) is 3.96. The highest BCUT2D eigenvalue weighted by molar-refractivity contribution is 9.12. The monoisotopic (exact) mass is 227 g/mol. The first-order chi connectivity index (χ1) is 3.18. The molecule has 0 aliphatic rings. The molecular weight excluding hydrogens is 220 g/mol. The van der Waals surface area contributed by atoms with Gasteiger partial charge in [0.25, 0.3) is 0 Å². The molecule has 0 N–H and O–H groups in total. The molecule has 0 heterocycles. The SMILES string of the molecule is C[CH]C(Br)C(C)Br. The molecule has 0 fully saturated rings. The zero-order valence-corrected chi connectivity index (χ0v) is 7.66. The zero-order chi connectivity index (χ0) is 5.86. The highest BCUT2D eigenvalue weighted by atomic mass is 79.9. The standard InChI is InChI=1S/C5H9Br2/c1-3-5(7)4(2)6/h3-5H,1-2H3. The van der Waals surface area contributed by atoms with Crippen molar-refractivity contribution in [3.63, 3.8) is 0 Å². The Kier molecular flexibility index (Phi) is 4.44. The van der Waals surface area contributed by atoms with Crippen LogP contribution in [0.25, 0.3) is 0 Å². The summed E-state index contributed by atoms with van der Waals surface area (Å²) in [7, 11) is 0. The quantitative estimate of drug-likeness (QED) is 0.638. The van der Waals surface area contributed by atoms with Crippen LogP contribution in [0.5, 0.6) is 0 Å². The Morgan fingerprint density at radius 2 is 1.86 bits per heavy atom. The van der Waals surface area contributed by atoms with E-state index < -0.39 is 0 Å². The van der Waals surface area contributed by atoms with Crippen LogP contribution in [0.2, 0.25) is 0 Å². The smallest absolute Gasteiger partial charge is 0.0296 e. The van der Waals surface area contributed by atoms with Gasteiger partial charge in [-0.1, -0.05) is 45.7 Å². The normalized spacial score (nSPS) is 18.9. The molecule has 43 valence electrons. The van der Waals surface area contributed by atoms with Crippen LogP contribution in [-0.4, -0.2) is 9.65 Å². The molecule has 0 bridgehead atoms. The van der Waals surface area contributed by atoms with Gasteiger partial charge in [-0.15, -0.1) is 0 Å². The molecule has 0 saturated carbocycles. The molecule has 1 radical (unpaired) electrons. The van der Waals surface area contributed by atoms with Crippen LogP contribution in [0.1, 0.15) is 13.8 Å². The fraction of sp³-hybridized carbons (Fsp3) is 0.800. The Morgan fingerprint density at radius 3 is 1.86 bits per heavy atom. The average molecular weight is 229 g/mol. The zero-order valence-electron chi connectivity index (χ0n) is 4.49. The average Bonchev–Trinajstić information content (AvgIpc) is 1.65. The summed E-state index contributed by atoms with van der Waals surface area (Å²) in [6.45, 7) is 4.15. The summed E-state index contributed by atoms with van der Waals surface area (Å²) in [5.74, 6) is 0. The summed E-state index contributed by atoms with van der Waals surface area (Å²) in [6, 6.07) is 0. The Bertz CT molecular complexity index is 43.3. The van der Waals surface area contributed by atoms with Gasteiger partial charge in [0.05, 0.1) is 0 Å². The van der Waals surface area contributed by atoms with Gasteiger partial charge in [0, 0.05) is 9.65 Å². The van der Waals surface area contributed by atoms with Crippen molar-refractivity contribution in [1.29, 1.82) is 0 Å². The number of alkyl halides is 2. The summed E-state index contributed by atoms with van der Waals surface area (Å²) in [6.07, 6.45) is 2.11. The summed E-state index contributed by atoms with van der Waals surface area (Å²) in [4.78, 5) is 1.05. The van der Waals surface area contributed by atoms with Crippen LogP contribution >= 0.6 is 31.9 Å². The maximum atomic E-state index is 3.44. The summed E-state index contributed by atoms with van der Waals surface area (Å²) in [5.41, 5.74) is 0. The van der Waals surface area contributed by atoms with E-state index in [9.17, 15) is 0 Å². The molecular formula is C5H9Br2. The fourth-order valence-electron chi connectivity index (χ4n) is 0.265. The molecule has 0 rings (SSSR count). The van der Waals surface area contributed by atoms with Crippen LogP contribution in [0.3, 0.4) is 0 Å². The van der Waals surface area contributed by atoms with E-state index in [1.807, 2.05) is 6.92 Å². The lowest BCUT2D eigenvalue weighted by molar-refractivity contribution is 0.971. The number of hydrogen-bond acceptors (Lipinski definition) is 0. The maximum absolute atomic E-state index is 3.44. The lowest BCUT2D eigenvalue weighted by atomic mass is 10.3. The van der Waals surface area contributed by atoms with Crippen LogP contribution < -0.4 is 0 Å². The lowest BCUT2D eigenvalue weighted by Crippen LogP contribution is -2.07. The van der Waals surface area contributed by atoms with Crippen molar-refractivity contribution < 1.29 is 0 Å². The van der Waals surface area contributed by atoms with E-state index in [4.69, 9.17) is 0 Å². The van der Waals surface area contributed by atoms with Gasteiger partial charge in [-0.05, 0) is 6.42 Å².